The van der Waals surface area contributed by atoms with Crippen LogP contribution in [0.25, 0.3) is 0 Å². The van der Waals surface area contributed by atoms with Gasteiger partial charge in [0, 0.05) is 5.92 Å². The quantitative estimate of drug-likeness (QED) is 0.0453. The van der Waals surface area contributed by atoms with E-state index in [0.29, 0.717) is 6.42 Å². The van der Waals surface area contributed by atoms with E-state index in [1.54, 1.807) is 0 Å². The van der Waals surface area contributed by atoms with Crippen LogP contribution in [0.1, 0.15) is 335 Å². The van der Waals surface area contributed by atoms with Crippen molar-refractivity contribution < 1.29 is 14.7 Å². The summed E-state index contributed by atoms with van der Waals surface area (Å²) in [6.07, 6.45) is 63.3. The SMILES string of the molecule is CCCCCCCCCCCCCCCCCCCCC(CCCCCCCCCCCCCCCC)C(=O)C(CCCCCCCCCCCCCCCC)C(=O)[O-]. The summed E-state index contributed by atoms with van der Waals surface area (Å²) in [6.45, 7) is 6.86. The Morgan fingerprint density at radius 2 is 0.441 bits per heavy atom. The Balaban J connectivity index is 4.41. The molecule has 0 rings (SSSR count). The lowest BCUT2D eigenvalue weighted by Crippen LogP contribution is -2.39. The van der Waals surface area contributed by atoms with Gasteiger partial charge in [0.1, 0.15) is 5.78 Å². The molecule has 0 aromatic heterocycles. The minimum absolute atomic E-state index is 0.00126. The van der Waals surface area contributed by atoms with Gasteiger partial charge in [0.25, 0.3) is 0 Å². The zero-order valence-corrected chi connectivity index (χ0v) is 41.0. The smallest absolute Gasteiger partial charge is 0.144 e. The van der Waals surface area contributed by atoms with Gasteiger partial charge in [-0.25, -0.2) is 0 Å². The Kier molecular flexibility index (Phi) is 49.1. The summed E-state index contributed by atoms with van der Waals surface area (Å²) in [7, 11) is 0. The molecule has 0 amide bonds. The number of carbonyl (C=O) groups is 2. The molecule has 0 saturated carbocycles. The van der Waals surface area contributed by atoms with Gasteiger partial charge in [-0.2, -0.15) is 0 Å². The largest absolute Gasteiger partial charge is 0.549 e. The molecule has 0 heterocycles. The molecular formula is C56H109O3-. The highest BCUT2D eigenvalue weighted by Gasteiger charge is 2.27. The second kappa shape index (κ2) is 49.8. The molecule has 2 atom stereocenters. The third-order valence-corrected chi connectivity index (χ3v) is 13.7. The number of unbranched alkanes of at least 4 members (excludes halogenated alkanes) is 43. The van der Waals surface area contributed by atoms with Gasteiger partial charge in [-0.3, -0.25) is 4.79 Å². The predicted molar refractivity (Wildman–Crippen MR) is 260 cm³/mol. The van der Waals surface area contributed by atoms with E-state index in [0.717, 1.165) is 44.9 Å². The number of rotatable bonds is 52. The maximum Gasteiger partial charge on any atom is 0.144 e. The number of carbonyl (C=O) groups excluding carboxylic acids is 2. The van der Waals surface area contributed by atoms with Gasteiger partial charge >= 0.3 is 0 Å². The monoisotopic (exact) mass is 830 g/mol. The summed E-state index contributed by atoms with van der Waals surface area (Å²) < 4.78 is 0. The first kappa shape index (κ1) is 58.1. The van der Waals surface area contributed by atoms with Gasteiger partial charge in [-0.15, -0.1) is 0 Å². The highest BCUT2D eigenvalue weighted by molar-refractivity contribution is 5.98. The summed E-state index contributed by atoms with van der Waals surface area (Å²) in [5.41, 5.74) is 0. The molecular weight excluding hydrogens is 721 g/mol. The molecule has 59 heavy (non-hydrogen) atoms. The van der Waals surface area contributed by atoms with Crippen LogP contribution in [-0.2, 0) is 9.59 Å². The average molecular weight is 830 g/mol. The number of hydrogen-bond donors (Lipinski definition) is 0. The molecule has 0 bridgehead atoms. The number of ketones is 1. The molecule has 0 fully saturated rings. The van der Waals surface area contributed by atoms with Crippen LogP contribution in [0.2, 0.25) is 0 Å². The standard InChI is InChI=1S/C56H110O3/c1-4-7-10-13-16-19-22-25-28-29-30-31-33-36-39-42-45-48-51-53(50-47-44-41-38-35-32-26-23-20-17-14-11-8-5-2)55(57)54(56(58)59)52-49-46-43-40-37-34-27-24-21-18-15-12-9-6-3/h53-54H,4-52H2,1-3H3,(H,58,59)/p-1. The zero-order chi connectivity index (χ0) is 43.0. The van der Waals surface area contributed by atoms with Crippen LogP contribution >= 0.6 is 0 Å². The van der Waals surface area contributed by atoms with Crippen molar-refractivity contribution in [3.8, 4) is 0 Å². The van der Waals surface area contributed by atoms with Crippen molar-refractivity contribution in [2.45, 2.75) is 335 Å². The second-order valence-corrected chi connectivity index (χ2v) is 19.5. The lowest BCUT2D eigenvalue weighted by atomic mass is 9.82. The Labute approximate surface area is 372 Å². The van der Waals surface area contributed by atoms with Gasteiger partial charge in [0.05, 0.1) is 11.9 Å². The number of Topliss-reactive ketones (excluding diaryl/α,β-unsaturated/α-hetero) is 1. The van der Waals surface area contributed by atoms with E-state index in [9.17, 15) is 14.7 Å². The number of hydrogen-bond acceptors (Lipinski definition) is 3. The summed E-state index contributed by atoms with van der Waals surface area (Å²) in [5, 5.41) is 12.3. The topological polar surface area (TPSA) is 57.2 Å². The first-order valence-corrected chi connectivity index (χ1v) is 27.8. The maximum atomic E-state index is 13.8. The molecule has 0 aliphatic rings. The van der Waals surface area contributed by atoms with E-state index < -0.39 is 11.9 Å². The third kappa shape index (κ3) is 43.6. The Bertz CT molecular complexity index is 822. The van der Waals surface area contributed by atoms with Crippen molar-refractivity contribution in [3.63, 3.8) is 0 Å². The summed E-state index contributed by atoms with van der Waals surface area (Å²) in [6, 6.07) is 0. The zero-order valence-electron chi connectivity index (χ0n) is 41.0. The van der Waals surface area contributed by atoms with Crippen LogP contribution in [0.4, 0.5) is 0 Å². The van der Waals surface area contributed by atoms with Crippen LogP contribution in [0, 0.1) is 11.8 Å². The minimum Gasteiger partial charge on any atom is -0.549 e. The summed E-state index contributed by atoms with van der Waals surface area (Å²) in [5.74, 6) is -2.11. The lowest BCUT2D eigenvalue weighted by molar-refractivity contribution is -0.310. The third-order valence-electron chi connectivity index (χ3n) is 13.7. The van der Waals surface area contributed by atoms with Gasteiger partial charge in [-0.05, 0) is 19.3 Å². The van der Waals surface area contributed by atoms with Crippen molar-refractivity contribution in [3.05, 3.63) is 0 Å². The summed E-state index contributed by atoms with van der Waals surface area (Å²) in [4.78, 5) is 26.1. The van der Waals surface area contributed by atoms with Crippen molar-refractivity contribution in [1.82, 2.24) is 0 Å². The molecule has 0 spiro atoms. The van der Waals surface area contributed by atoms with E-state index in [4.69, 9.17) is 0 Å². The van der Waals surface area contributed by atoms with Gasteiger partial charge in [0.15, 0.2) is 0 Å². The molecule has 0 aromatic carbocycles. The molecule has 2 unspecified atom stereocenters. The fraction of sp³-hybridized carbons (Fsp3) is 0.964. The first-order valence-electron chi connectivity index (χ1n) is 27.8. The summed E-state index contributed by atoms with van der Waals surface area (Å²) >= 11 is 0. The van der Waals surface area contributed by atoms with Crippen LogP contribution < -0.4 is 5.11 Å². The van der Waals surface area contributed by atoms with Crippen LogP contribution in [0.3, 0.4) is 0 Å². The Morgan fingerprint density at radius 1 is 0.271 bits per heavy atom. The number of carboxylic acid groups (broad SMARTS) is 1. The highest BCUT2D eigenvalue weighted by atomic mass is 16.4. The Morgan fingerprint density at radius 3 is 0.627 bits per heavy atom. The van der Waals surface area contributed by atoms with Crippen LogP contribution in [0.15, 0.2) is 0 Å². The molecule has 0 aliphatic carbocycles. The number of carboxylic acids is 1. The van der Waals surface area contributed by atoms with Gasteiger partial charge < -0.3 is 9.90 Å². The second-order valence-electron chi connectivity index (χ2n) is 19.5. The average Bonchev–Trinajstić information content (AvgIpc) is 3.23. The molecule has 0 aromatic rings. The van der Waals surface area contributed by atoms with E-state index in [2.05, 4.69) is 20.8 Å². The minimum atomic E-state index is -1.12. The molecule has 0 radical (unpaired) electrons. The van der Waals surface area contributed by atoms with E-state index >= 15 is 0 Å². The maximum absolute atomic E-state index is 13.8. The van der Waals surface area contributed by atoms with E-state index in [1.165, 1.54) is 263 Å². The first-order chi connectivity index (χ1) is 29.1. The number of aliphatic carboxylic acids is 1. The predicted octanol–water partition coefficient (Wildman–Crippen LogP) is 18.7. The lowest BCUT2D eigenvalue weighted by Gasteiger charge is -2.23. The molecule has 0 N–H and O–H groups in total. The normalized spacial score (nSPS) is 12.7. The van der Waals surface area contributed by atoms with Gasteiger partial charge in [0.2, 0.25) is 0 Å². The van der Waals surface area contributed by atoms with Crippen LogP contribution in [-0.4, -0.2) is 11.8 Å². The molecule has 352 valence electrons. The molecule has 0 aliphatic heterocycles. The van der Waals surface area contributed by atoms with Gasteiger partial charge in [-0.1, -0.05) is 316 Å². The van der Waals surface area contributed by atoms with Crippen LogP contribution in [0.5, 0.6) is 0 Å². The molecule has 0 saturated heterocycles. The molecule has 3 heteroatoms. The Hall–Kier alpha value is -0.860. The van der Waals surface area contributed by atoms with Crippen molar-refractivity contribution in [1.29, 1.82) is 0 Å². The van der Waals surface area contributed by atoms with Crippen molar-refractivity contribution >= 4 is 11.8 Å². The van der Waals surface area contributed by atoms with Crippen molar-refractivity contribution in [2.75, 3.05) is 0 Å². The highest BCUT2D eigenvalue weighted by Crippen LogP contribution is 2.26. The molecule has 3 nitrogen and oxygen atoms in total. The fourth-order valence-corrected chi connectivity index (χ4v) is 9.51. The van der Waals surface area contributed by atoms with Crippen molar-refractivity contribution in [2.24, 2.45) is 11.8 Å². The van der Waals surface area contributed by atoms with E-state index in [1.807, 2.05) is 0 Å². The fourth-order valence-electron chi connectivity index (χ4n) is 9.51. The van der Waals surface area contributed by atoms with E-state index in [-0.39, 0.29) is 11.7 Å².